The summed E-state index contributed by atoms with van der Waals surface area (Å²) in [5.74, 6) is -0.159. The predicted molar refractivity (Wildman–Crippen MR) is 122 cm³/mol. The first-order valence-electron chi connectivity index (χ1n) is 10.7. The molecule has 1 atom stereocenters. The van der Waals surface area contributed by atoms with Gasteiger partial charge in [0.1, 0.15) is 0 Å². The molecule has 1 unspecified atom stereocenters. The van der Waals surface area contributed by atoms with Crippen LogP contribution in [0.25, 0.3) is 10.8 Å². The number of nitrogens with one attached hydrogen (secondary N) is 1. The lowest BCUT2D eigenvalue weighted by atomic mass is 9.82. The van der Waals surface area contributed by atoms with Crippen LogP contribution in [0.4, 0.5) is 0 Å². The van der Waals surface area contributed by atoms with E-state index in [1.54, 1.807) is 19.1 Å². The van der Waals surface area contributed by atoms with Crippen molar-refractivity contribution in [2.45, 2.75) is 43.4 Å². The molecular formula is C25H27NO4S. The summed E-state index contributed by atoms with van der Waals surface area (Å²) in [6.07, 6.45) is 3.14. The fourth-order valence-electron chi connectivity index (χ4n) is 4.28. The molecule has 0 aromatic heterocycles. The molecule has 0 radical (unpaired) electrons. The number of benzene rings is 3. The fraction of sp³-hybridized carbons (Fsp3) is 0.320. The highest BCUT2D eigenvalue weighted by molar-refractivity contribution is 7.89. The Morgan fingerprint density at radius 3 is 2.68 bits per heavy atom. The second kappa shape index (κ2) is 9.20. The summed E-state index contributed by atoms with van der Waals surface area (Å²) >= 11 is 0. The van der Waals surface area contributed by atoms with Crippen LogP contribution in [-0.2, 0) is 32.4 Å². The molecule has 0 bridgehead atoms. The van der Waals surface area contributed by atoms with Gasteiger partial charge in [-0.1, -0.05) is 48.5 Å². The summed E-state index contributed by atoms with van der Waals surface area (Å²) in [5.41, 5.74) is 3.27. The van der Waals surface area contributed by atoms with Gasteiger partial charge in [0, 0.05) is 6.54 Å². The van der Waals surface area contributed by atoms with E-state index in [1.807, 2.05) is 42.5 Å². The number of carbonyl (C=O) groups excluding carboxylic acids is 1. The van der Waals surface area contributed by atoms with Crippen LogP contribution in [0.1, 0.15) is 42.4 Å². The normalized spacial score (nSPS) is 16.1. The van der Waals surface area contributed by atoms with Gasteiger partial charge in [0.15, 0.2) is 0 Å². The van der Waals surface area contributed by atoms with E-state index in [9.17, 15) is 13.2 Å². The summed E-state index contributed by atoms with van der Waals surface area (Å²) in [6, 6.07) is 19.0. The van der Waals surface area contributed by atoms with Crippen molar-refractivity contribution in [2.75, 3.05) is 13.2 Å². The molecule has 1 N–H and O–H groups in total. The molecular weight excluding hydrogens is 410 g/mol. The van der Waals surface area contributed by atoms with E-state index < -0.39 is 10.0 Å². The average molecular weight is 438 g/mol. The summed E-state index contributed by atoms with van der Waals surface area (Å²) in [6.45, 7) is 2.50. The number of hydrogen-bond acceptors (Lipinski definition) is 4. The minimum absolute atomic E-state index is 0.0844. The molecule has 162 valence electrons. The van der Waals surface area contributed by atoms with E-state index in [2.05, 4.69) is 10.8 Å². The third kappa shape index (κ3) is 4.97. The van der Waals surface area contributed by atoms with Gasteiger partial charge in [-0.05, 0) is 71.7 Å². The Balaban J connectivity index is 1.51. The van der Waals surface area contributed by atoms with Crippen LogP contribution in [0.3, 0.4) is 0 Å². The van der Waals surface area contributed by atoms with Gasteiger partial charge in [-0.2, -0.15) is 0 Å². The summed E-state index contributed by atoms with van der Waals surface area (Å²) in [7, 11) is -3.61. The highest BCUT2D eigenvalue weighted by Gasteiger charge is 2.24. The Morgan fingerprint density at radius 1 is 1.06 bits per heavy atom. The molecule has 0 spiro atoms. The molecule has 5 nitrogen and oxygen atoms in total. The number of aryl methyl sites for hydroxylation is 1. The van der Waals surface area contributed by atoms with Crippen molar-refractivity contribution in [3.63, 3.8) is 0 Å². The lowest BCUT2D eigenvalue weighted by Gasteiger charge is -2.26. The van der Waals surface area contributed by atoms with Crippen LogP contribution in [0.5, 0.6) is 0 Å². The molecule has 31 heavy (non-hydrogen) atoms. The maximum Gasteiger partial charge on any atom is 0.310 e. The third-order valence-corrected chi connectivity index (χ3v) is 7.27. The second-order valence-corrected chi connectivity index (χ2v) is 9.73. The fourth-order valence-corrected chi connectivity index (χ4v) is 5.39. The van der Waals surface area contributed by atoms with Crippen LogP contribution in [0, 0.1) is 0 Å². The highest BCUT2D eigenvalue weighted by atomic mass is 32.2. The van der Waals surface area contributed by atoms with Gasteiger partial charge in [-0.15, -0.1) is 0 Å². The van der Waals surface area contributed by atoms with Gasteiger partial charge in [0.05, 0.1) is 17.9 Å². The molecule has 0 aliphatic heterocycles. The van der Waals surface area contributed by atoms with Crippen LogP contribution >= 0.6 is 0 Å². The second-order valence-electron chi connectivity index (χ2n) is 7.96. The number of sulfonamides is 1. The smallest absolute Gasteiger partial charge is 0.310 e. The van der Waals surface area contributed by atoms with Crippen molar-refractivity contribution in [1.29, 1.82) is 0 Å². The molecule has 0 amide bonds. The maximum absolute atomic E-state index is 12.9. The maximum atomic E-state index is 12.9. The van der Waals surface area contributed by atoms with E-state index in [4.69, 9.17) is 4.74 Å². The van der Waals surface area contributed by atoms with Gasteiger partial charge in [-0.3, -0.25) is 4.79 Å². The van der Waals surface area contributed by atoms with Crippen molar-refractivity contribution in [1.82, 2.24) is 4.72 Å². The summed E-state index contributed by atoms with van der Waals surface area (Å²) in [4.78, 5) is 12.1. The number of rotatable bonds is 7. The van der Waals surface area contributed by atoms with Gasteiger partial charge in [-0.25, -0.2) is 13.1 Å². The first-order chi connectivity index (χ1) is 15.0. The predicted octanol–water partition coefficient (Wildman–Crippen LogP) is 4.34. The molecule has 0 fully saturated rings. The van der Waals surface area contributed by atoms with Gasteiger partial charge >= 0.3 is 5.97 Å². The lowest BCUT2D eigenvalue weighted by molar-refractivity contribution is -0.142. The molecule has 0 saturated heterocycles. The minimum atomic E-state index is -3.61. The van der Waals surface area contributed by atoms with E-state index in [0.717, 1.165) is 41.2 Å². The Kier molecular flexibility index (Phi) is 6.39. The van der Waals surface area contributed by atoms with E-state index in [-0.39, 0.29) is 23.2 Å². The van der Waals surface area contributed by atoms with Gasteiger partial charge in [0.2, 0.25) is 10.0 Å². The van der Waals surface area contributed by atoms with Crippen LogP contribution < -0.4 is 4.72 Å². The van der Waals surface area contributed by atoms with Crippen LogP contribution in [-0.4, -0.2) is 27.5 Å². The quantitative estimate of drug-likeness (QED) is 0.558. The monoisotopic (exact) mass is 437 g/mol. The van der Waals surface area contributed by atoms with Crippen molar-refractivity contribution in [3.8, 4) is 0 Å². The van der Waals surface area contributed by atoms with Crippen molar-refractivity contribution in [3.05, 3.63) is 77.4 Å². The number of hydrogen-bond donors (Lipinski definition) is 1. The van der Waals surface area contributed by atoms with Crippen molar-refractivity contribution >= 4 is 26.8 Å². The molecule has 0 heterocycles. The topological polar surface area (TPSA) is 72.5 Å². The molecule has 1 aliphatic rings. The summed E-state index contributed by atoms with van der Waals surface area (Å²) < 4.78 is 33.8. The Bertz CT molecular complexity index is 1200. The molecule has 4 rings (SSSR count). The highest BCUT2D eigenvalue weighted by Crippen LogP contribution is 2.32. The number of esters is 1. The first kappa shape index (κ1) is 21.5. The average Bonchev–Trinajstić information content (AvgIpc) is 2.77. The van der Waals surface area contributed by atoms with Crippen LogP contribution in [0.15, 0.2) is 65.6 Å². The molecule has 3 aromatic rings. The van der Waals surface area contributed by atoms with Gasteiger partial charge in [0.25, 0.3) is 0 Å². The van der Waals surface area contributed by atoms with Gasteiger partial charge < -0.3 is 4.74 Å². The SMILES string of the molecule is CCOC(=O)Cc1ccc2c(c1)C(CNS(=O)(=O)c1ccc3ccccc3c1)CCC2. The minimum Gasteiger partial charge on any atom is -0.466 e. The first-order valence-corrected chi connectivity index (χ1v) is 12.2. The lowest BCUT2D eigenvalue weighted by Crippen LogP contribution is -2.30. The molecule has 3 aromatic carbocycles. The van der Waals surface area contributed by atoms with Crippen molar-refractivity contribution in [2.24, 2.45) is 0 Å². The summed E-state index contributed by atoms with van der Waals surface area (Å²) in [5, 5.41) is 1.91. The Hall–Kier alpha value is -2.70. The third-order valence-electron chi connectivity index (χ3n) is 5.85. The van der Waals surface area contributed by atoms with Crippen molar-refractivity contribution < 1.29 is 17.9 Å². The molecule has 1 aliphatic carbocycles. The molecule has 6 heteroatoms. The number of carbonyl (C=O) groups is 1. The zero-order valence-corrected chi connectivity index (χ0v) is 18.5. The zero-order chi connectivity index (χ0) is 21.8. The van der Waals surface area contributed by atoms with Crippen LogP contribution in [0.2, 0.25) is 0 Å². The largest absolute Gasteiger partial charge is 0.466 e. The van der Waals surface area contributed by atoms with E-state index in [1.165, 1.54) is 5.56 Å². The number of fused-ring (bicyclic) bond motifs is 2. The Morgan fingerprint density at radius 2 is 1.87 bits per heavy atom. The molecule has 0 saturated carbocycles. The standard InChI is InChI=1S/C25H27NO4S/c1-2-30-25(27)15-18-10-11-20-8-5-9-22(24(20)14-18)17-26-31(28,29)23-13-12-19-6-3-4-7-21(19)16-23/h3-4,6-7,10-14,16,22,26H,2,5,8-9,15,17H2,1H3. The van der Waals surface area contributed by atoms with E-state index >= 15 is 0 Å². The Labute approximate surface area is 183 Å². The number of ether oxygens (including phenoxy) is 1. The zero-order valence-electron chi connectivity index (χ0n) is 17.6. The van der Waals surface area contributed by atoms with E-state index in [0.29, 0.717) is 13.2 Å².